The van der Waals surface area contributed by atoms with E-state index < -0.39 is 0 Å². The number of nitrogens with zero attached hydrogens (tertiary/aromatic N) is 2. The predicted octanol–water partition coefficient (Wildman–Crippen LogP) is 2.59. The van der Waals surface area contributed by atoms with Gasteiger partial charge in [-0.2, -0.15) is 0 Å². The van der Waals surface area contributed by atoms with Gasteiger partial charge in [0, 0.05) is 18.9 Å². The van der Waals surface area contributed by atoms with Gasteiger partial charge in [-0.05, 0) is 17.9 Å². The molecule has 78 valence electrons. The highest BCUT2D eigenvalue weighted by atomic mass is 32.1. The first kappa shape index (κ1) is 10.1. The minimum absolute atomic E-state index is 0.0171. The molecule has 0 aliphatic carbocycles. The number of imidazole rings is 1. The van der Waals surface area contributed by atoms with E-state index in [9.17, 15) is 4.79 Å². The molecule has 0 atom stereocenters. The van der Waals surface area contributed by atoms with Crippen molar-refractivity contribution in [2.24, 2.45) is 0 Å². The lowest BCUT2D eigenvalue weighted by Gasteiger charge is -2.03. The van der Waals surface area contributed by atoms with Crippen molar-refractivity contribution in [3.05, 3.63) is 40.6 Å². The third-order valence-corrected chi connectivity index (χ3v) is 3.00. The van der Waals surface area contributed by atoms with E-state index >= 15 is 0 Å². The number of aromatic nitrogens is 2. The van der Waals surface area contributed by atoms with E-state index in [4.69, 9.17) is 0 Å². The Balaban J connectivity index is 2.29. The molecule has 0 N–H and O–H groups in total. The van der Waals surface area contributed by atoms with E-state index in [2.05, 4.69) is 11.9 Å². The average molecular weight is 220 g/mol. The van der Waals surface area contributed by atoms with Gasteiger partial charge in [-0.25, -0.2) is 4.98 Å². The van der Waals surface area contributed by atoms with Crippen LogP contribution in [0.2, 0.25) is 0 Å². The summed E-state index contributed by atoms with van der Waals surface area (Å²) in [7, 11) is 0. The summed E-state index contributed by atoms with van der Waals surface area (Å²) >= 11 is 1.45. The minimum atomic E-state index is 0.0171. The number of ketones is 1. The number of hydrogen-bond acceptors (Lipinski definition) is 3. The molecule has 0 aromatic carbocycles. The summed E-state index contributed by atoms with van der Waals surface area (Å²) in [6, 6.07) is 3.71. The van der Waals surface area contributed by atoms with E-state index in [-0.39, 0.29) is 5.78 Å². The van der Waals surface area contributed by atoms with E-state index in [1.54, 1.807) is 6.20 Å². The standard InChI is InChI=1S/C11H12N2OS/c1-2-6-13-7-5-12-11(13)10(14)9-4-3-8-15-9/h3-5,7-8H,2,6H2,1H3. The molecule has 0 bridgehead atoms. The molecule has 0 aliphatic heterocycles. The zero-order valence-electron chi connectivity index (χ0n) is 8.51. The van der Waals surface area contributed by atoms with Gasteiger partial charge in [0.25, 0.3) is 0 Å². The van der Waals surface area contributed by atoms with Crippen LogP contribution in [0.15, 0.2) is 29.9 Å². The molecule has 2 aromatic rings. The molecule has 0 saturated heterocycles. The number of thiophene rings is 1. The Hall–Kier alpha value is -1.42. The Morgan fingerprint density at radius 2 is 2.47 bits per heavy atom. The highest BCUT2D eigenvalue weighted by Crippen LogP contribution is 2.14. The first-order chi connectivity index (χ1) is 7.33. The van der Waals surface area contributed by atoms with Gasteiger partial charge < -0.3 is 4.57 Å². The van der Waals surface area contributed by atoms with Crippen molar-refractivity contribution >= 4 is 17.1 Å². The summed E-state index contributed by atoms with van der Waals surface area (Å²) in [4.78, 5) is 16.9. The zero-order valence-corrected chi connectivity index (χ0v) is 9.33. The fourth-order valence-electron chi connectivity index (χ4n) is 1.46. The Bertz CT molecular complexity index is 445. The van der Waals surface area contributed by atoms with Gasteiger partial charge in [0.05, 0.1) is 4.88 Å². The Labute approximate surface area is 92.4 Å². The van der Waals surface area contributed by atoms with Crippen molar-refractivity contribution in [2.75, 3.05) is 0 Å². The molecule has 0 aliphatic rings. The molecular formula is C11H12N2OS. The van der Waals surface area contributed by atoms with Crippen LogP contribution in [0.3, 0.4) is 0 Å². The first-order valence-electron chi connectivity index (χ1n) is 4.92. The molecule has 0 amide bonds. The lowest BCUT2D eigenvalue weighted by atomic mass is 10.3. The third kappa shape index (κ3) is 1.99. The number of rotatable bonds is 4. The maximum atomic E-state index is 12.0. The van der Waals surface area contributed by atoms with E-state index in [0.717, 1.165) is 17.8 Å². The van der Waals surface area contributed by atoms with Crippen LogP contribution >= 0.6 is 11.3 Å². The van der Waals surface area contributed by atoms with Crippen molar-refractivity contribution in [1.29, 1.82) is 0 Å². The predicted molar refractivity (Wildman–Crippen MR) is 60.3 cm³/mol. The summed E-state index contributed by atoms with van der Waals surface area (Å²) < 4.78 is 1.90. The second kappa shape index (κ2) is 4.40. The zero-order chi connectivity index (χ0) is 10.7. The van der Waals surface area contributed by atoms with Crippen LogP contribution in [0.25, 0.3) is 0 Å². The molecular weight excluding hydrogens is 208 g/mol. The molecule has 3 nitrogen and oxygen atoms in total. The van der Waals surface area contributed by atoms with Crippen molar-refractivity contribution in [3.63, 3.8) is 0 Å². The van der Waals surface area contributed by atoms with Crippen LogP contribution < -0.4 is 0 Å². The van der Waals surface area contributed by atoms with Crippen LogP contribution in [0.1, 0.15) is 28.8 Å². The maximum absolute atomic E-state index is 12.0. The first-order valence-corrected chi connectivity index (χ1v) is 5.80. The monoisotopic (exact) mass is 220 g/mol. The fraction of sp³-hybridized carbons (Fsp3) is 0.273. The molecule has 0 saturated carbocycles. The third-order valence-electron chi connectivity index (χ3n) is 2.13. The number of carbonyl (C=O) groups is 1. The normalized spacial score (nSPS) is 10.5. The van der Waals surface area contributed by atoms with Gasteiger partial charge in [0.2, 0.25) is 5.78 Å². The Kier molecular flexibility index (Phi) is 2.97. The second-order valence-electron chi connectivity index (χ2n) is 3.25. The summed E-state index contributed by atoms with van der Waals surface area (Å²) in [5.74, 6) is 0.558. The van der Waals surface area contributed by atoms with Gasteiger partial charge in [0.1, 0.15) is 0 Å². The highest BCUT2D eigenvalue weighted by Gasteiger charge is 2.15. The molecule has 2 aromatic heterocycles. The molecule has 0 fully saturated rings. The molecule has 2 heterocycles. The molecule has 0 radical (unpaired) electrons. The molecule has 2 rings (SSSR count). The van der Waals surface area contributed by atoms with Crippen LogP contribution in [0.5, 0.6) is 0 Å². The summed E-state index contributed by atoms with van der Waals surface area (Å²) in [6.07, 6.45) is 4.53. The quantitative estimate of drug-likeness (QED) is 0.742. The highest BCUT2D eigenvalue weighted by molar-refractivity contribution is 7.12. The maximum Gasteiger partial charge on any atom is 0.238 e. The lowest BCUT2D eigenvalue weighted by Crippen LogP contribution is -2.09. The average Bonchev–Trinajstić information content (AvgIpc) is 2.87. The molecule has 15 heavy (non-hydrogen) atoms. The van der Waals surface area contributed by atoms with Gasteiger partial charge in [-0.15, -0.1) is 11.3 Å². The number of hydrogen-bond donors (Lipinski definition) is 0. The summed E-state index contributed by atoms with van der Waals surface area (Å²) in [6.45, 7) is 2.92. The van der Waals surface area contributed by atoms with E-state index in [1.807, 2.05) is 28.3 Å². The molecule has 0 spiro atoms. The Morgan fingerprint density at radius 1 is 1.60 bits per heavy atom. The largest absolute Gasteiger partial charge is 0.328 e. The van der Waals surface area contributed by atoms with Gasteiger partial charge in [0.15, 0.2) is 5.82 Å². The van der Waals surface area contributed by atoms with E-state index in [0.29, 0.717) is 5.82 Å². The van der Waals surface area contributed by atoms with Crippen LogP contribution in [0, 0.1) is 0 Å². The SMILES string of the molecule is CCCn1ccnc1C(=O)c1cccs1. The lowest BCUT2D eigenvalue weighted by molar-refractivity contribution is 0.102. The van der Waals surface area contributed by atoms with Crippen molar-refractivity contribution in [2.45, 2.75) is 19.9 Å². The van der Waals surface area contributed by atoms with Crippen LogP contribution in [-0.2, 0) is 6.54 Å². The smallest absolute Gasteiger partial charge is 0.238 e. The minimum Gasteiger partial charge on any atom is -0.328 e. The van der Waals surface area contributed by atoms with Crippen LogP contribution in [-0.4, -0.2) is 15.3 Å². The van der Waals surface area contributed by atoms with Crippen molar-refractivity contribution < 1.29 is 4.79 Å². The van der Waals surface area contributed by atoms with Gasteiger partial charge >= 0.3 is 0 Å². The van der Waals surface area contributed by atoms with Crippen molar-refractivity contribution in [3.8, 4) is 0 Å². The summed E-state index contributed by atoms with van der Waals surface area (Å²) in [5, 5.41) is 1.90. The molecule has 4 heteroatoms. The van der Waals surface area contributed by atoms with Gasteiger partial charge in [-0.3, -0.25) is 4.79 Å². The van der Waals surface area contributed by atoms with Crippen molar-refractivity contribution in [1.82, 2.24) is 9.55 Å². The fourth-order valence-corrected chi connectivity index (χ4v) is 2.12. The molecule has 0 unspecified atom stereocenters. The Morgan fingerprint density at radius 3 is 3.13 bits per heavy atom. The van der Waals surface area contributed by atoms with Gasteiger partial charge in [-0.1, -0.05) is 13.0 Å². The number of aryl methyl sites for hydroxylation is 1. The number of carbonyl (C=O) groups excluding carboxylic acids is 1. The second-order valence-corrected chi connectivity index (χ2v) is 4.20. The topological polar surface area (TPSA) is 34.9 Å². The van der Waals surface area contributed by atoms with E-state index in [1.165, 1.54) is 11.3 Å². The summed E-state index contributed by atoms with van der Waals surface area (Å²) in [5.41, 5.74) is 0. The van der Waals surface area contributed by atoms with Crippen LogP contribution in [0.4, 0.5) is 0 Å².